The molecule has 0 bridgehead atoms. The van der Waals surface area contributed by atoms with Gasteiger partial charge in [-0.1, -0.05) is 12.8 Å². The van der Waals surface area contributed by atoms with E-state index in [9.17, 15) is 0 Å². The third-order valence-corrected chi connectivity index (χ3v) is 5.32. The molecular weight excluding hydrogens is 300 g/mol. The van der Waals surface area contributed by atoms with Crippen LogP contribution in [0.1, 0.15) is 55.4 Å². The molecule has 2 fully saturated rings. The average molecular weight is 326 g/mol. The average Bonchev–Trinajstić information content (AvgIpc) is 3.15. The third-order valence-electron chi connectivity index (χ3n) is 5.32. The molecule has 24 heavy (non-hydrogen) atoms. The quantitative estimate of drug-likeness (QED) is 0.915. The van der Waals surface area contributed by atoms with Gasteiger partial charge in [-0.05, 0) is 32.3 Å². The second-order valence-electron chi connectivity index (χ2n) is 7.07. The fourth-order valence-corrected chi connectivity index (χ4v) is 3.84. The second kappa shape index (κ2) is 6.51. The molecule has 1 atom stereocenters. The number of aromatic nitrogens is 4. The molecule has 1 N–H and O–H groups in total. The Kier molecular flexibility index (Phi) is 4.22. The number of nitrogens with zero attached hydrogens (tertiary/aromatic N) is 5. The lowest BCUT2D eigenvalue weighted by molar-refractivity contribution is 0.0757. The predicted octanol–water partition coefficient (Wildman–Crippen LogP) is 2.82. The van der Waals surface area contributed by atoms with Gasteiger partial charge >= 0.3 is 0 Å². The van der Waals surface area contributed by atoms with Gasteiger partial charge < -0.3 is 5.32 Å². The van der Waals surface area contributed by atoms with Gasteiger partial charge in [0.2, 0.25) is 0 Å². The van der Waals surface area contributed by atoms with E-state index in [1.807, 2.05) is 24.9 Å². The largest absolute Gasteiger partial charge is 0.367 e. The van der Waals surface area contributed by atoms with Crippen LogP contribution >= 0.6 is 0 Å². The highest BCUT2D eigenvalue weighted by Crippen LogP contribution is 2.34. The van der Waals surface area contributed by atoms with E-state index in [0.29, 0.717) is 12.1 Å². The molecule has 0 amide bonds. The van der Waals surface area contributed by atoms with E-state index < -0.39 is 0 Å². The number of nitrogens with one attached hydrogen (secondary N) is 1. The van der Waals surface area contributed by atoms with Crippen LogP contribution < -0.4 is 5.32 Å². The standard InChI is InChI=1S/C18H26N6/c1-13-20-16(11-18(21-13)22-14-5-3-4-6-14)17-8-10-24(17)12-15-7-9-19-23(15)2/h7,9,11,14,17H,3-6,8,10,12H2,1-2H3,(H,20,21,22)/t17-/m0/s1. The first-order valence-electron chi connectivity index (χ1n) is 9.02. The number of aryl methyl sites for hydroxylation is 2. The van der Waals surface area contributed by atoms with Gasteiger partial charge in [-0.3, -0.25) is 9.58 Å². The molecule has 0 aromatic carbocycles. The van der Waals surface area contributed by atoms with Gasteiger partial charge in [0.1, 0.15) is 11.6 Å². The topological polar surface area (TPSA) is 58.9 Å². The highest BCUT2D eigenvalue weighted by molar-refractivity contribution is 5.38. The zero-order chi connectivity index (χ0) is 16.5. The highest BCUT2D eigenvalue weighted by Gasteiger charge is 2.31. The Morgan fingerprint density at radius 3 is 2.71 bits per heavy atom. The van der Waals surface area contributed by atoms with Crippen LogP contribution in [0, 0.1) is 6.92 Å². The molecule has 0 unspecified atom stereocenters. The fourth-order valence-electron chi connectivity index (χ4n) is 3.84. The van der Waals surface area contributed by atoms with Gasteiger partial charge in [-0.2, -0.15) is 5.10 Å². The zero-order valence-electron chi connectivity index (χ0n) is 14.6. The highest BCUT2D eigenvalue weighted by atomic mass is 15.3. The summed E-state index contributed by atoms with van der Waals surface area (Å²) in [5.41, 5.74) is 2.39. The number of likely N-dealkylation sites (tertiary alicyclic amines) is 1. The van der Waals surface area contributed by atoms with Crippen LogP contribution in [0.4, 0.5) is 5.82 Å². The molecule has 1 aliphatic heterocycles. The SMILES string of the molecule is Cc1nc(NC2CCCC2)cc([C@@H]2CCN2Cc2ccnn2C)n1. The summed E-state index contributed by atoms with van der Waals surface area (Å²) in [6.07, 6.45) is 8.20. The number of hydrogen-bond donors (Lipinski definition) is 1. The van der Waals surface area contributed by atoms with E-state index in [1.165, 1.54) is 31.4 Å². The predicted molar refractivity (Wildman–Crippen MR) is 93.6 cm³/mol. The van der Waals surface area contributed by atoms with Crippen molar-refractivity contribution in [2.75, 3.05) is 11.9 Å². The Morgan fingerprint density at radius 1 is 1.21 bits per heavy atom. The van der Waals surface area contributed by atoms with Gasteiger partial charge in [0, 0.05) is 38.4 Å². The van der Waals surface area contributed by atoms with E-state index in [2.05, 4.69) is 32.4 Å². The Labute approximate surface area is 143 Å². The van der Waals surface area contributed by atoms with Crippen LogP contribution in [-0.2, 0) is 13.6 Å². The smallest absolute Gasteiger partial charge is 0.130 e. The normalized spacial score (nSPS) is 21.8. The van der Waals surface area contributed by atoms with Crippen molar-refractivity contribution >= 4 is 5.82 Å². The first kappa shape index (κ1) is 15.6. The van der Waals surface area contributed by atoms with Gasteiger partial charge in [0.15, 0.2) is 0 Å². The number of anilines is 1. The molecule has 3 heterocycles. The van der Waals surface area contributed by atoms with Crippen LogP contribution in [0.3, 0.4) is 0 Å². The first-order valence-corrected chi connectivity index (χ1v) is 9.02. The molecule has 1 aliphatic carbocycles. The van der Waals surface area contributed by atoms with E-state index >= 15 is 0 Å². The minimum atomic E-state index is 0.394. The van der Waals surface area contributed by atoms with Crippen molar-refractivity contribution in [2.24, 2.45) is 7.05 Å². The summed E-state index contributed by atoms with van der Waals surface area (Å²) in [6.45, 7) is 4.04. The summed E-state index contributed by atoms with van der Waals surface area (Å²) in [7, 11) is 2.00. The molecule has 1 saturated carbocycles. The summed E-state index contributed by atoms with van der Waals surface area (Å²) >= 11 is 0. The van der Waals surface area contributed by atoms with Crippen molar-refractivity contribution in [3.8, 4) is 0 Å². The van der Waals surface area contributed by atoms with E-state index in [1.54, 1.807) is 0 Å². The molecule has 4 rings (SSSR count). The maximum atomic E-state index is 4.72. The molecular formula is C18H26N6. The molecule has 0 radical (unpaired) electrons. The summed E-state index contributed by atoms with van der Waals surface area (Å²) in [6, 6.07) is 5.23. The zero-order valence-corrected chi connectivity index (χ0v) is 14.6. The Bertz CT molecular complexity index is 703. The Balaban J connectivity index is 1.48. The lowest BCUT2D eigenvalue weighted by Gasteiger charge is -2.40. The number of rotatable bonds is 5. The van der Waals surface area contributed by atoms with Gasteiger partial charge in [-0.15, -0.1) is 0 Å². The Morgan fingerprint density at radius 2 is 2.04 bits per heavy atom. The number of hydrogen-bond acceptors (Lipinski definition) is 5. The lowest BCUT2D eigenvalue weighted by Crippen LogP contribution is -2.41. The van der Waals surface area contributed by atoms with Crippen molar-refractivity contribution in [3.63, 3.8) is 0 Å². The van der Waals surface area contributed by atoms with E-state index in [0.717, 1.165) is 36.8 Å². The third kappa shape index (κ3) is 3.15. The first-order chi connectivity index (χ1) is 11.7. The van der Waals surface area contributed by atoms with Crippen LogP contribution in [0.25, 0.3) is 0 Å². The summed E-state index contributed by atoms with van der Waals surface area (Å²) < 4.78 is 1.95. The van der Waals surface area contributed by atoms with Gasteiger partial charge in [0.25, 0.3) is 0 Å². The van der Waals surface area contributed by atoms with Crippen molar-refractivity contribution in [1.29, 1.82) is 0 Å². The Hall–Kier alpha value is -1.95. The molecule has 128 valence electrons. The molecule has 2 aromatic heterocycles. The maximum Gasteiger partial charge on any atom is 0.130 e. The molecule has 1 saturated heterocycles. The van der Waals surface area contributed by atoms with Gasteiger partial charge in [-0.25, -0.2) is 9.97 Å². The van der Waals surface area contributed by atoms with E-state index in [-0.39, 0.29) is 0 Å². The van der Waals surface area contributed by atoms with Crippen molar-refractivity contribution in [3.05, 3.63) is 35.5 Å². The summed E-state index contributed by atoms with van der Waals surface area (Å²) in [4.78, 5) is 11.8. The summed E-state index contributed by atoms with van der Waals surface area (Å²) in [5.74, 6) is 1.86. The van der Waals surface area contributed by atoms with E-state index in [4.69, 9.17) is 4.98 Å². The van der Waals surface area contributed by atoms with Crippen LogP contribution in [0.15, 0.2) is 18.3 Å². The molecule has 6 heteroatoms. The molecule has 6 nitrogen and oxygen atoms in total. The minimum Gasteiger partial charge on any atom is -0.367 e. The van der Waals surface area contributed by atoms with Crippen molar-refractivity contribution < 1.29 is 0 Å². The van der Waals surface area contributed by atoms with Crippen LogP contribution in [0.2, 0.25) is 0 Å². The van der Waals surface area contributed by atoms with Crippen molar-refractivity contribution in [2.45, 2.75) is 57.7 Å². The maximum absolute atomic E-state index is 4.72. The van der Waals surface area contributed by atoms with Gasteiger partial charge in [0.05, 0.1) is 17.4 Å². The fraction of sp³-hybridized carbons (Fsp3) is 0.611. The molecule has 0 spiro atoms. The minimum absolute atomic E-state index is 0.394. The van der Waals surface area contributed by atoms with Crippen LogP contribution in [0.5, 0.6) is 0 Å². The molecule has 2 aromatic rings. The second-order valence-corrected chi connectivity index (χ2v) is 7.07. The van der Waals surface area contributed by atoms with Crippen molar-refractivity contribution in [1.82, 2.24) is 24.6 Å². The van der Waals surface area contributed by atoms with Crippen LogP contribution in [-0.4, -0.2) is 37.2 Å². The monoisotopic (exact) mass is 326 g/mol. The summed E-state index contributed by atoms with van der Waals surface area (Å²) in [5, 5.41) is 7.88. The molecule has 2 aliphatic rings. The lowest BCUT2D eigenvalue weighted by atomic mass is 9.98.